The molecule has 2 aromatic carbocycles. The zero-order chi connectivity index (χ0) is 22.4. The number of carboxylic acid groups (broad SMARTS) is 1. The molecule has 162 valence electrons. The first-order valence-corrected chi connectivity index (χ1v) is 10.6. The number of carboxylic acids is 1. The van der Waals surface area contributed by atoms with Gasteiger partial charge in [-0.1, -0.05) is 50.6 Å². The Kier molecular flexibility index (Phi) is 7.29. The van der Waals surface area contributed by atoms with Crippen molar-refractivity contribution in [2.75, 3.05) is 6.61 Å². The number of ether oxygens (including phenoxy) is 2. The first-order chi connectivity index (χ1) is 14.9. The van der Waals surface area contributed by atoms with Gasteiger partial charge in [0.2, 0.25) is 0 Å². The summed E-state index contributed by atoms with van der Waals surface area (Å²) in [6.07, 6.45) is 0.896. The Labute approximate surface area is 183 Å². The zero-order valence-electron chi connectivity index (χ0n) is 18.5. The number of para-hydroxylation sites is 1. The van der Waals surface area contributed by atoms with E-state index in [1.54, 1.807) is 12.1 Å². The van der Waals surface area contributed by atoms with Crippen molar-refractivity contribution in [3.05, 3.63) is 77.0 Å². The van der Waals surface area contributed by atoms with E-state index in [1.165, 1.54) is 0 Å². The lowest BCUT2D eigenvalue weighted by Crippen LogP contribution is -2.10. The smallest absolute Gasteiger partial charge is 0.337 e. The summed E-state index contributed by atoms with van der Waals surface area (Å²) < 4.78 is 11.9. The van der Waals surface area contributed by atoms with Crippen LogP contribution in [-0.2, 0) is 6.61 Å². The Morgan fingerprint density at radius 2 is 1.81 bits per heavy atom. The van der Waals surface area contributed by atoms with E-state index in [-0.39, 0.29) is 12.2 Å². The van der Waals surface area contributed by atoms with E-state index >= 15 is 0 Å². The van der Waals surface area contributed by atoms with Gasteiger partial charge in [-0.05, 0) is 55.2 Å². The molecule has 0 aliphatic carbocycles. The van der Waals surface area contributed by atoms with Crippen molar-refractivity contribution in [1.29, 1.82) is 0 Å². The SMILES string of the molecule is CCCOc1ccc(C)cc1-c1ccc(C(=O)O)c(COc2ccccc2C(C)C)n1. The van der Waals surface area contributed by atoms with Gasteiger partial charge in [0.15, 0.2) is 0 Å². The van der Waals surface area contributed by atoms with Crippen LogP contribution < -0.4 is 9.47 Å². The van der Waals surface area contributed by atoms with E-state index < -0.39 is 5.97 Å². The van der Waals surface area contributed by atoms with Gasteiger partial charge in [0.1, 0.15) is 18.1 Å². The summed E-state index contributed by atoms with van der Waals surface area (Å²) in [7, 11) is 0. The molecule has 31 heavy (non-hydrogen) atoms. The molecule has 5 nitrogen and oxygen atoms in total. The van der Waals surface area contributed by atoms with Crippen LogP contribution in [0.4, 0.5) is 0 Å². The third-order valence-electron chi connectivity index (χ3n) is 4.98. The number of aromatic nitrogens is 1. The lowest BCUT2D eigenvalue weighted by atomic mass is 10.0. The van der Waals surface area contributed by atoms with Crippen LogP contribution in [0.15, 0.2) is 54.6 Å². The highest BCUT2D eigenvalue weighted by atomic mass is 16.5. The highest BCUT2D eigenvalue weighted by molar-refractivity contribution is 5.89. The molecule has 3 aromatic rings. The molecule has 0 atom stereocenters. The Hall–Kier alpha value is -3.34. The molecular formula is C26H29NO4. The molecule has 0 bridgehead atoms. The average molecular weight is 420 g/mol. The van der Waals surface area contributed by atoms with Crippen LogP contribution in [0.2, 0.25) is 0 Å². The van der Waals surface area contributed by atoms with Crippen LogP contribution in [0.3, 0.4) is 0 Å². The maximum absolute atomic E-state index is 11.8. The van der Waals surface area contributed by atoms with E-state index in [9.17, 15) is 9.90 Å². The normalized spacial score (nSPS) is 10.9. The molecular weight excluding hydrogens is 390 g/mol. The second kappa shape index (κ2) is 10.1. The van der Waals surface area contributed by atoms with Crippen molar-refractivity contribution < 1.29 is 19.4 Å². The summed E-state index contributed by atoms with van der Waals surface area (Å²) in [5.74, 6) is 0.741. The number of hydrogen-bond acceptors (Lipinski definition) is 4. The molecule has 0 aliphatic heterocycles. The predicted octanol–water partition coefficient (Wildman–Crippen LogP) is 6.25. The summed E-state index contributed by atoms with van der Waals surface area (Å²) in [5, 5.41) is 9.66. The van der Waals surface area contributed by atoms with Gasteiger partial charge in [0.05, 0.1) is 23.6 Å². The Morgan fingerprint density at radius 3 is 2.52 bits per heavy atom. The molecule has 1 aromatic heterocycles. The van der Waals surface area contributed by atoms with Crippen LogP contribution in [-0.4, -0.2) is 22.7 Å². The summed E-state index contributed by atoms with van der Waals surface area (Å²) in [4.78, 5) is 16.5. The zero-order valence-corrected chi connectivity index (χ0v) is 18.5. The summed E-state index contributed by atoms with van der Waals surface area (Å²) in [6.45, 7) is 8.92. The predicted molar refractivity (Wildman–Crippen MR) is 122 cm³/mol. The molecule has 0 fully saturated rings. The maximum atomic E-state index is 11.8. The van der Waals surface area contributed by atoms with Crippen LogP contribution >= 0.6 is 0 Å². The number of rotatable bonds is 9. The van der Waals surface area contributed by atoms with Gasteiger partial charge in [0.25, 0.3) is 0 Å². The lowest BCUT2D eigenvalue weighted by Gasteiger charge is -2.16. The number of pyridine rings is 1. The molecule has 0 aliphatic rings. The van der Waals surface area contributed by atoms with E-state index in [0.29, 0.717) is 23.9 Å². The highest BCUT2D eigenvalue weighted by Gasteiger charge is 2.17. The number of hydrogen-bond donors (Lipinski definition) is 1. The minimum Gasteiger partial charge on any atom is -0.493 e. The molecule has 0 radical (unpaired) electrons. The van der Waals surface area contributed by atoms with Gasteiger partial charge in [-0.15, -0.1) is 0 Å². The first kappa shape index (κ1) is 22.3. The van der Waals surface area contributed by atoms with Crippen LogP contribution in [0.1, 0.15) is 60.3 Å². The van der Waals surface area contributed by atoms with Gasteiger partial charge >= 0.3 is 5.97 Å². The third kappa shape index (κ3) is 5.43. The molecule has 1 N–H and O–H groups in total. The van der Waals surface area contributed by atoms with E-state index in [4.69, 9.17) is 9.47 Å². The van der Waals surface area contributed by atoms with Crippen LogP contribution in [0.5, 0.6) is 11.5 Å². The summed E-state index contributed by atoms with van der Waals surface area (Å²) >= 11 is 0. The molecule has 3 rings (SSSR count). The fraction of sp³-hybridized carbons (Fsp3) is 0.308. The second-order valence-electron chi connectivity index (χ2n) is 7.83. The van der Waals surface area contributed by atoms with E-state index in [0.717, 1.165) is 34.6 Å². The average Bonchev–Trinajstić information content (AvgIpc) is 2.76. The Bertz CT molecular complexity index is 1060. The van der Waals surface area contributed by atoms with Crippen LogP contribution in [0, 0.1) is 6.92 Å². The van der Waals surface area contributed by atoms with Crippen molar-refractivity contribution in [3.63, 3.8) is 0 Å². The number of aryl methyl sites for hydroxylation is 1. The van der Waals surface area contributed by atoms with Gasteiger partial charge in [0, 0.05) is 5.56 Å². The van der Waals surface area contributed by atoms with Gasteiger partial charge < -0.3 is 14.6 Å². The minimum atomic E-state index is -1.03. The topological polar surface area (TPSA) is 68.7 Å². The Balaban J connectivity index is 1.98. The van der Waals surface area contributed by atoms with Gasteiger partial charge in [-0.3, -0.25) is 0 Å². The fourth-order valence-electron chi connectivity index (χ4n) is 3.37. The standard InChI is InChI=1S/C26H29NO4/c1-5-14-30-25-13-10-18(4)15-21(25)22-12-11-20(26(28)29)23(27-22)16-31-24-9-7-6-8-19(24)17(2)3/h6-13,15,17H,5,14,16H2,1-4H3,(H,28,29). The first-order valence-electron chi connectivity index (χ1n) is 10.6. The van der Waals surface area contributed by atoms with Gasteiger partial charge in [-0.2, -0.15) is 0 Å². The van der Waals surface area contributed by atoms with Gasteiger partial charge in [-0.25, -0.2) is 9.78 Å². The quantitative estimate of drug-likeness (QED) is 0.444. The summed E-state index contributed by atoms with van der Waals surface area (Å²) in [5.41, 5.74) is 4.17. The molecule has 0 spiro atoms. The fourth-order valence-corrected chi connectivity index (χ4v) is 3.37. The van der Waals surface area contributed by atoms with E-state index in [2.05, 4.69) is 25.8 Å². The number of nitrogens with zero attached hydrogens (tertiary/aromatic N) is 1. The largest absolute Gasteiger partial charge is 0.493 e. The molecule has 0 amide bonds. The van der Waals surface area contributed by atoms with Crippen LogP contribution in [0.25, 0.3) is 11.3 Å². The van der Waals surface area contributed by atoms with Crippen molar-refractivity contribution in [1.82, 2.24) is 4.98 Å². The number of aromatic carboxylic acids is 1. The Morgan fingerprint density at radius 1 is 1.03 bits per heavy atom. The molecule has 1 heterocycles. The van der Waals surface area contributed by atoms with Crippen molar-refractivity contribution in [3.8, 4) is 22.8 Å². The highest BCUT2D eigenvalue weighted by Crippen LogP contribution is 2.31. The maximum Gasteiger partial charge on any atom is 0.337 e. The molecule has 0 unspecified atom stereocenters. The monoisotopic (exact) mass is 419 g/mol. The molecule has 5 heteroatoms. The van der Waals surface area contributed by atoms with Crippen molar-refractivity contribution in [2.24, 2.45) is 0 Å². The van der Waals surface area contributed by atoms with Crippen molar-refractivity contribution >= 4 is 5.97 Å². The lowest BCUT2D eigenvalue weighted by molar-refractivity contribution is 0.0693. The molecule has 0 saturated carbocycles. The third-order valence-corrected chi connectivity index (χ3v) is 4.98. The number of benzene rings is 2. The van der Waals surface area contributed by atoms with Crippen molar-refractivity contribution in [2.45, 2.75) is 46.6 Å². The molecule has 0 saturated heterocycles. The van der Waals surface area contributed by atoms with E-state index in [1.807, 2.05) is 49.4 Å². The minimum absolute atomic E-state index is 0.0656. The summed E-state index contributed by atoms with van der Waals surface area (Å²) in [6, 6.07) is 17.0. The number of carbonyl (C=O) groups is 1. The second-order valence-corrected chi connectivity index (χ2v) is 7.83.